The number of rotatable bonds is 2. The van der Waals surface area contributed by atoms with Gasteiger partial charge in [-0.1, -0.05) is 11.6 Å². The smallest absolute Gasteiger partial charge is 0.274 e. The van der Waals surface area contributed by atoms with E-state index in [-0.39, 0.29) is 23.3 Å². The van der Waals surface area contributed by atoms with Gasteiger partial charge in [0.25, 0.3) is 5.91 Å². The molecular weight excluding hydrogens is 280 g/mol. The van der Waals surface area contributed by atoms with Gasteiger partial charge < -0.3 is 15.1 Å². The predicted octanol–water partition coefficient (Wildman–Crippen LogP) is 1.66. The first-order chi connectivity index (χ1) is 9.32. The lowest BCUT2D eigenvalue weighted by Gasteiger charge is -2.41. The van der Waals surface area contributed by atoms with Crippen LogP contribution in [-0.4, -0.2) is 40.6 Å². The van der Waals surface area contributed by atoms with E-state index in [4.69, 9.17) is 22.2 Å². The van der Waals surface area contributed by atoms with Crippen molar-refractivity contribution in [2.75, 3.05) is 18.5 Å². The Morgan fingerprint density at radius 2 is 2.30 bits per heavy atom. The lowest BCUT2D eigenvalue weighted by atomic mass is 10.1. The zero-order chi connectivity index (χ0) is 14.9. The molecule has 1 aromatic heterocycles. The maximum Gasteiger partial charge on any atom is 0.274 e. The largest absolute Gasteiger partial charge is 0.369 e. The van der Waals surface area contributed by atoms with E-state index in [1.807, 2.05) is 20.8 Å². The summed E-state index contributed by atoms with van der Waals surface area (Å²) in [6.07, 6.45) is -0.0303. The van der Waals surface area contributed by atoms with Crippen LogP contribution < -0.4 is 11.3 Å². The second kappa shape index (κ2) is 5.55. The Morgan fingerprint density at radius 3 is 2.90 bits per heavy atom. The summed E-state index contributed by atoms with van der Waals surface area (Å²) in [5, 5.41) is 0.311. The fourth-order valence-electron chi connectivity index (χ4n) is 2.43. The molecule has 1 atom stereocenters. The van der Waals surface area contributed by atoms with Gasteiger partial charge in [0.05, 0.1) is 16.7 Å². The van der Waals surface area contributed by atoms with E-state index in [2.05, 4.69) is 10.4 Å². The first kappa shape index (κ1) is 15.0. The number of carbonyl (C=O) groups is 1. The average molecular weight is 299 g/mol. The Morgan fingerprint density at radius 1 is 1.60 bits per heavy atom. The zero-order valence-corrected chi connectivity index (χ0v) is 12.6. The predicted molar refractivity (Wildman–Crippen MR) is 77.6 cm³/mol. The standard InChI is InChI=1S/C13H19ClN4O2/c1-8-6-18(7-13(2,3)20-8)12(19)11-9(14)4-5-10(16-11)17-15/h4-5,8H,6-7,15H2,1-3H3,(H,16,17). The van der Waals surface area contributed by atoms with Crippen molar-refractivity contribution in [3.63, 3.8) is 0 Å². The minimum atomic E-state index is -0.385. The number of nitrogens with zero attached hydrogens (tertiary/aromatic N) is 2. The monoisotopic (exact) mass is 298 g/mol. The number of carbonyl (C=O) groups excluding carboxylic acids is 1. The quantitative estimate of drug-likeness (QED) is 0.641. The van der Waals surface area contributed by atoms with Crippen LogP contribution in [0.25, 0.3) is 0 Å². The van der Waals surface area contributed by atoms with Crippen molar-refractivity contribution in [2.24, 2.45) is 5.84 Å². The van der Waals surface area contributed by atoms with Gasteiger partial charge in [0.2, 0.25) is 0 Å². The first-order valence-corrected chi connectivity index (χ1v) is 6.80. The van der Waals surface area contributed by atoms with Gasteiger partial charge in [-0.05, 0) is 32.9 Å². The molecule has 1 aliphatic rings. The highest BCUT2D eigenvalue weighted by Crippen LogP contribution is 2.24. The number of aromatic nitrogens is 1. The Kier molecular flexibility index (Phi) is 4.17. The molecule has 0 radical (unpaired) electrons. The van der Waals surface area contributed by atoms with Gasteiger partial charge in [0.1, 0.15) is 11.5 Å². The summed E-state index contributed by atoms with van der Waals surface area (Å²) in [6, 6.07) is 3.22. The third-order valence-corrected chi connectivity index (χ3v) is 3.36. The van der Waals surface area contributed by atoms with E-state index in [1.54, 1.807) is 17.0 Å². The summed E-state index contributed by atoms with van der Waals surface area (Å²) in [7, 11) is 0. The molecule has 0 spiro atoms. The number of hydrazine groups is 1. The lowest BCUT2D eigenvalue weighted by molar-refractivity contribution is -0.118. The van der Waals surface area contributed by atoms with Crippen LogP contribution in [0.15, 0.2) is 12.1 Å². The van der Waals surface area contributed by atoms with Crippen LogP contribution in [0.3, 0.4) is 0 Å². The molecule has 0 aromatic carbocycles. The molecule has 1 aliphatic heterocycles. The first-order valence-electron chi connectivity index (χ1n) is 6.42. The maximum absolute atomic E-state index is 12.6. The highest BCUT2D eigenvalue weighted by molar-refractivity contribution is 6.33. The zero-order valence-electron chi connectivity index (χ0n) is 11.8. The number of hydrogen-bond acceptors (Lipinski definition) is 5. The molecule has 1 amide bonds. The number of morpholine rings is 1. The van der Waals surface area contributed by atoms with Crippen molar-refractivity contribution < 1.29 is 9.53 Å². The van der Waals surface area contributed by atoms with Crippen LogP contribution >= 0.6 is 11.6 Å². The van der Waals surface area contributed by atoms with Crippen LogP contribution in [0.4, 0.5) is 5.82 Å². The summed E-state index contributed by atoms with van der Waals surface area (Å²) in [4.78, 5) is 18.4. The molecule has 1 aromatic rings. The lowest BCUT2D eigenvalue weighted by Crippen LogP contribution is -2.54. The molecule has 6 nitrogen and oxygen atoms in total. The summed E-state index contributed by atoms with van der Waals surface area (Å²) < 4.78 is 5.79. The van der Waals surface area contributed by atoms with E-state index < -0.39 is 0 Å². The fraction of sp³-hybridized carbons (Fsp3) is 0.538. The van der Waals surface area contributed by atoms with Gasteiger partial charge in [-0.25, -0.2) is 10.8 Å². The van der Waals surface area contributed by atoms with Crippen LogP contribution in [0.5, 0.6) is 0 Å². The van der Waals surface area contributed by atoms with Crippen LogP contribution in [0, 0.1) is 0 Å². The molecule has 3 N–H and O–H groups in total. The molecule has 2 heterocycles. The van der Waals surface area contributed by atoms with Crippen molar-refractivity contribution in [1.82, 2.24) is 9.88 Å². The number of nitrogens with two attached hydrogens (primary N) is 1. The number of nitrogen functional groups attached to an aromatic ring is 1. The molecule has 1 saturated heterocycles. The number of halogens is 1. The Labute approximate surface area is 123 Å². The van der Waals surface area contributed by atoms with Gasteiger partial charge in [-0.15, -0.1) is 0 Å². The third-order valence-electron chi connectivity index (χ3n) is 3.05. The van der Waals surface area contributed by atoms with Gasteiger partial charge in [-0.3, -0.25) is 4.79 Å². The van der Waals surface area contributed by atoms with Crippen molar-refractivity contribution in [3.05, 3.63) is 22.8 Å². The van der Waals surface area contributed by atoms with Gasteiger partial charge in [-0.2, -0.15) is 0 Å². The number of anilines is 1. The molecule has 1 unspecified atom stereocenters. The van der Waals surface area contributed by atoms with E-state index in [0.717, 1.165) is 0 Å². The highest BCUT2D eigenvalue weighted by Gasteiger charge is 2.35. The summed E-state index contributed by atoms with van der Waals surface area (Å²) in [5.41, 5.74) is 2.23. The Balaban J connectivity index is 2.27. The minimum Gasteiger partial charge on any atom is -0.369 e. The fourth-order valence-corrected chi connectivity index (χ4v) is 2.62. The molecule has 2 rings (SSSR count). The molecular formula is C13H19ClN4O2. The number of amides is 1. The number of nitrogens with one attached hydrogen (secondary N) is 1. The van der Waals surface area contributed by atoms with Crippen molar-refractivity contribution in [2.45, 2.75) is 32.5 Å². The van der Waals surface area contributed by atoms with Gasteiger partial charge >= 0.3 is 0 Å². The van der Waals surface area contributed by atoms with Crippen molar-refractivity contribution in [3.8, 4) is 0 Å². The number of hydrogen-bond donors (Lipinski definition) is 2. The SMILES string of the molecule is CC1CN(C(=O)c2nc(NN)ccc2Cl)CC(C)(C)O1. The molecule has 0 saturated carbocycles. The van der Waals surface area contributed by atoms with Gasteiger partial charge in [0, 0.05) is 13.1 Å². The van der Waals surface area contributed by atoms with Gasteiger partial charge in [0.15, 0.2) is 0 Å². The number of pyridine rings is 1. The number of ether oxygens (including phenoxy) is 1. The van der Waals surface area contributed by atoms with E-state index in [0.29, 0.717) is 23.9 Å². The molecule has 1 fully saturated rings. The van der Waals surface area contributed by atoms with Crippen LogP contribution in [0.1, 0.15) is 31.3 Å². The van der Waals surface area contributed by atoms with Crippen LogP contribution in [0.2, 0.25) is 5.02 Å². The maximum atomic E-state index is 12.6. The third kappa shape index (κ3) is 3.20. The summed E-state index contributed by atoms with van der Waals surface area (Å²) >= 11 is 6.06. The molecule has 7 heteroatoms. The molecule has 0 bridgehead atoms. The van der Waals surface area contributed by atoms with E-state index >= 15 is 0 Å². The molecule has 0 aliphatic carbocycles. The second-order valence-corrected chi connectivity index (χ2v) is 5.95. The normalized spacial score (nSPS) is 21.6. The van der Waals surface area contributed by atoms with E-state index in [9.17, 15) is 4.79 Å². The van der Waals surface area contributed by atoms with Crippen LogP contribution in [-0.2, 0) is 4.74 Å². The van der Waals surface area contributed by atoms with Crippen molar-refractivity contribution >= 4 is 23.3 Å². The summed E-state index contributed by atoms with van der Waals surface area (Å²) in [5.74, 6) is 5.50. The second-order valence-electron chi connectivity index (χ2n) is 5.55. The summed E-state index contributed by atoms with van der Waals surface area (Å²) in [6.45, 7) is 6.86. The topological polar surface area (TPSA) is 80.5 Å². The minimum absolute atomic E-state index is 0.0303. The molecule has 110 valence electrons. The Hall–Kier alpha value is -1.37. The molecule has 20 heavy (non-hydrogen) atoms. The highest BCUT2D eigenvalue weighted by atomic mass is 35.5. The van der Waals surface area contributed by atoms with E-state index in [1.165, 1.54) is 0 Å². The van der Waals surface area contributed by atoms with Crippen molar-refractivity contribution in [1.29, 1.82) is 0 Å². The Bertz CT molecular complexity index is 521. The average Bonchev–Trinajstić information content (AvgIpc) is 2.36.